The third kappa shape index (κ3) is 2.06. The van der Waals surface area contributed by atoms with Crippen molar-refractivity contribution in [1.29, 1.82) is 0 Å². The second-order valence-electron chi connectivity index (χ2n) is 4.02. The molecule has 0 bridgehead atoms. The standard InChI is InChI=1S/C14H10FN3O/c15-11-5-1-3-9(7-11)13-12(14(16)19-18-13)10-4-2-6-17-8-10/h1-8H,16H2. The van der Waals surface area contributed by atoms with E-state index in [2.05, 4.69) is 10.1 Å². The minimum Gasteiger partial charge on any atom is -0.367 e. The van der Waals surface area contributed by atoms with Gasteiger partial charge in [-0.3, -0.25) is 4.98 Å². The summed E-state index contributed by atoms with van der Waals surface area (Å²) in [6, 6.07) is 9.76. The number of nitrogen functional groups attached to an aromatic ring is 1. The first-order valence-electron chi connectivity index (χ1n) is 5.67. The highest BCUT2D eigenvalue weighted by atomic mass is 19.1. The molecular formula is C14H10FN3O. The van der Waals surface area contributed by atoms with E-state index < -0.39 is 0 Å². The van der Waals surface area contributed by atoms with Crippen molar-refractivity contribution in [3.8, 4) is 22.4 Å². The van der Waals surface area contributed by atoms with E-state index in [9.17, 15) is 4.39 Å². The van der Waals surface area contributed by atoms with Crippen LogP contribution in [0.5, 0.6) is 0 Å². The third-order valence-electron chi connectivity index (χ3n) is 2.77. The molecule has 0 saturated carbocycles. The maximum absolute atomic E-state index is 13.3. The monoisotopic (exact) mass is 255 g/mol. The molecule has 0 saturated heterocycles. The topological polar surface area (TPSA) is 64.9 Å². The average Bonchev–Trinajstić information content (AvgIpc) is 2.82. The zero-order chi connectivity index (χ0) is 13.2. The lowest BCUT2D eigenvalue weighted by Crippen LogP contribution is -1.88. The fraction of sp³-hybridized carbons (Fsp3) is 0. The number of halogens is 1. The summed E-state index contributed by atoms with van der Waals surface area (Å²) in [4.78, 5) is 4.04. The fourth-order valence-electron chi connectivity index (χ4n) is 1.93. The molecule has 5 heteroatoms. The van der Waals surface area contributed by atoms with Gasteiger partial charge in [-0.15, -0.1) is 0 Å². The summed E-state index contributed by atoms with van der Waals surface area (Å²) in [7, 11) is 0. The number of nitrogens with two attached hydrogens (primary N) is 1. The molecule has 0 aliphatic rings. The maximum Gasteiger partial charge on any atom is 0.230 e. The summed E-state index contributed by atoms with van der Waals surface area (Å²) in [6.07, 6.45) is 3.32. The number of aromatic nitrogens is 2. The molecule has 2 N–H and O–H groups in total. The molecule has 0 unspecified atom stereocenters. The van der Waals surface area contributed by atoms with Gasteiger partial charge in [0.05, 0.1) is 5.56 Å². The van der Waals surface area contributed by atoms with Gasteiger partial charge in [0.2, 0.25) is 5.88 Å². The first kappa shape index (κ1) is 11.4. The van der Waals surface area contributed by atoms with Crippen LogP contribution in [0.3, 0.4) is 0 Å². The van der Waals surface area contributed by atoms with Crippen LogP contribution >= 0.6 is 0 Å². The van der Waals surface area contributed by atoms with E-state index in [0.717, 1.165) is 5.56 Å². The molecule has 0 fully saturated rings. The van der Waals surface area contributed by atoms with Crippen LogP contribution in [-0.4, -0.2) is 10.1 Å². The lowest BCUT2D eigenvalue weighted by Gasteiger charge is -2.02. The molecule has 1 aromatic carbocycles. The van der Waals surface area contributed by atoms with Crippen molar-refractivity contribution >= 4 is 5.88 Å². The molecule has 0 aliphatic heterocycles. The maximum atomic E-state index is 13.3. The van der Waals surface area contributed by atoms with Gasteiger partial charge in [-0.05, 0) is 18.2 Å². The Kier molecular flexibility index (Phi) is 2.72. The highest BCUT2D eigenvalue weighted by molar-refractivity contribution is 5.86. The van der Waals surface area contributed by atoms with Gasteiger partial charge in [-0.2, -0.15) is 0 Å². The molecule has 4 nitrogen and oxygen atoms in total. The van der Waals surface area contributed by atoms with Crippen molar-refractivity contribution < 1.29 is 8.91 Å². The van der Waals surface area contributed by atoms with Crippen molar-refractivity contribution in [2.24, 2.45) is 0 Å². The summed E-state index contributed by atoms with van der Waals surface area (Å²) in [5.41, 5.74) is 8.32. The number of rotatable bonds is 2. The van der Waals surface area contributed by atoms with Crippen LogP contribution in [0.25, 0.3) is 22.4 Å². The van der Waals surface area contributed by atoms with E-state index in [1.54, 1.807) is 30.6 Å². The Morgan fingerprint density at radius 2 is 1.95 bits per heavy atom. The molecule has 0 atom stereocenters. The predicted octanol–water partition coefficient (Wildman–Crippen LogP) is 3.12. The number of anilines is 1. The second-order valence-corrected chi connectivity index (χ2v) is 4.02. The van der Waals surface area contributed by atoms with Gasteiger partial charge in [0.15, 0.2) is 0 Å². The molecule has 3 rings (SSSR count). The van der Waals surface area contributed by atoms with Crippen LogP contribution in [0, 0.1) is 5.82 Å². The van der Waals surface area contributed by atoms with E-state index in [4.69, 9.17) is 10.3 Å². The van der Waals surface area contributed by atoms with Crippen LogP contribution in [0.2, 0.25) is 0 Å². The van der Waals surface area contributed by atoms with E-state index in [1.165, 1.54) is 12.1 Å². The SMILES string of the molecule is Nc1onc(-c2cccc(F)c2)c1-c1cccnc1. The van der Waals surface area contributed by atoms with Crippen LogP contribution in [0.4, 0.5) is 10.3 Å². The molecule has 3 aromatic rings. The predicted molar refractivity (Wildman–Crippen MR) is 69.5 cm³/mol. The molecule has 0 spiro atoms. The first-order valence-corrected chi connectivity index (χ1v) is 5.67. The number of pyridine rings is 1. The van der Waals surface area contributed by atoms with E-state index >= 15 is 0 Å². The molecule has 2 aromatic heterocycles. The summed E-state index contributed by atoms with van der Waals surface area (Å²) >= 11 is 0. The van der Waals surface area contributed by atoms with E-state index in [1.807, 2.05) is 6.07 Å². The largest absolute Gasteiger partial charge is 0.367 e. The van der Waals surface area contributed by atoms with Gasteiger partial charge in [0, 0.05) is 23.5 Å². The highest BCUT2D eigenvalue weighted by Gasteiger charge is 2.17. The second kappa shape index (κ2) is 4.53. The minimum absolute atomic E-state index is 0.187. The van der Waals surface area contributed by atoms with Gasteiger partial charge in [-0.25, -0.2) is 4.39 Å². The summed E-state index contributed by atoms with van der Waals surface area (Å²) in [5.74, 6) is -0.150. The van der Waals surface area contributed by atoms with Crippen molar-refractivity contribution in [3.05, 3.63) is 54.6 Å². The molecule has 0 aliphatic carbocycles. The zero-order valence-electron chi connectivity index (χ0n) is 9.88. The normalized spacial score (nSPS) is 10.6. The fourth-order valence-corrected chi connectivity index (χ4v) is 1.93. The minimum atomic E-state index is -0.337. The van der Waals surface area contributed by atoms with Crippen molar-refractivity contribution in [2.75, 3.05) is 5.73 Å². The van der Waals surface area contributed by atoms with Crippen LogP contribution in [0.1, 0.15) is 0 Å². The molecule has 94 valence electrons. The Morgan fingerprint density at radius 3 is 2.68 bits per heavy atom. The third-order valence-corrected chi connectivity index (χ3v) is 2.77. The molecule has 0 radical (unpaired) electrons. The van der Waals surface area contributed by atoms with Gasteiger partial charge in [0.1, 0.15) is 11.5 Å². The van der Waals surface area contributed by atoms with Crippen LogP contribution < -0.4 is 5.73 Å². The Labute approximate surface area is 108 Å². The van der Waals surface area contributed by atoms with Crippen molar-refractivity contribution in [3.63, 3.8) is 0 Å². The molecule has 0 amide bonds. The Bertz CT molecular complexity index is 710. The number of hydrogen-bond acceptors (Lipinski definition) is 4. The zero-order valence-corrected chi connectivity index (χ0v) is 9.88. The molecular weight excluding hydrogens is 245 g/mol. The molecule has 19 heavy (non-hydrogen) atoms. The summed E-state index contributed by atoms with van der Waals surface area (Å²) in [6.45, 7) is 0. The van der Waals surface area contributed by atoms with Gasteiger partial charge in [0.25, 0.3) is 0 Å². The summed E-state index contributed by atoms with van der Waals surface area (Å²) < 4.78 is 18.3. The number of hydrogen-bond donors (Lipinski definition) is 1. The van der Waals surface area contributed by atoms with Crippen molar-refractivity contribution in [1.82, 2.24) is 10.1 Å². The lowest BCUT2D eigenvalue weighted by molar-refractivity contribution is 0.439. The van der Waals surface area contributed by atoms with Crippen LogP contribution in [-0.2, 0) is 0 Å². The first-order chi connectivity index (χ1) is 9.25. The number of benzene rings is 1. The Morgan fingerprint density at radius 1 is 1.11 bits per heavy atom. The van der Waals surface area contributed by atoms with Crippen LogP contribution in [0.15, 0.2) is 53.3 Å². The smallest absolute Gasteiger partial charge is 0.230 e. The highest BCUT2D eigenvalue weighted by Crippen LogP contribution is 2.35. The van der Waals surface area contributed by atoms with Gasteiger partial charge >= 0.3 is 0 Å². The van der Waals surface area contributed by atoms with E-state index in [0.29, 0.717) is 16.8 Å². The Balaban J connectivity index is 2.19. The van der Waals surface area contributed by atoms with Gasteiger partial charge in [-0.1, -0.05) is 23.4 Å². The molecule has 2 heterocycles. The van der Waals surface area contributed by atoms with E-state index in [-0.39, 0.29) is 11.7 Å². The number of nitrogens with zero attached hydrogens (tertiary/aromatic N) is 2. The van der Waals surface area contributed by atoms with Crippen molar-refractivity contribution in [2.45, 2.75) is 0 Å². The lowest BCUT2D eigenvalue weighted by atomic mass is 10.0. The quantitative estimate of drug-likeness (QED) is 0.764. The Hall–Kier alpha value is -2.69. The average molecular weight is 255 g/mol. The van der Waals surface area contributed by atoms with Gasteiger partial charge < -0.3 is 10.3 Å². The summed E-state index contributed by atoms with van der Waals surface area (Å²) in [5, 5.41) is 3.91.